The van der Waals surface area contributed by atoms with E-state index in [9.17, 15) is 14.7 Å². The van der Waals surface area contributed by atoms with E-state index in [0.29, 0.717) is 62.4 Å². The van der Waals surface area contributed by atoms with Crippen molar-refractivity contribution in [2.45, 2.75) is 32.7 Å². The number of nitrogens with one attached hydrogen (secondary N) is 3. The molecule has 0 radical (unpaired) electrons. The van der Waals surface area contributed by atoms with Gasteiger partial charge in [-0.3, -0.25) is 5.43 Å². The summed E-state index contributed by atoms with van der Waals surface area (Å²) in [5.74, 6) is 2.50. The smallest absolute Gasteiger partial charge is 0.337 e. The maximum absolute atomic E-state index is 12.5. The highest BCUT2D eigenvalue weighted by molar-refractivity contribution is 9.10. The molecule has 0 spiro atoms. The van der Waals surface area contributed by atoms with Gasteiger partial charge in [0.1, 0.15) is 13.2 Å². The van der Waals surface area contributed by atoms with E-state index < -0.39 is 24.3 Å². The maximum atomic E-state index is 12.5. The summed E-state index contributed by atoms with van der Waals surface area (Å²) in [6.45, 7) is 4.06. The summed E-state index contributed by atoms with van der Waals surface area (Å²) in [5, 5.41) is 20.0. The van der Waals surface area contributed by atoms with Gasteiger partial charge in [0.15, 0.2) is 40.7 Å². The van der Waals surface area contributed by atoms with E-state index in [2.05, 4.69) is 37.1 Å². The Kier molecular flexibility index (Phi) is 11.1. The second kappa shape index (κ2) is 15.6. The molecule has 0 unspecified atom stereocenters. The molecular formula is C33H35BrN4O10. The Labute approximate surface area is 285 Å². The fourth-order valence-electron chi connectivity index (χ4n) is 4.96. The van der Waals surface area contributed by atoms with Gasteiger partial charge in [-0.05, 0) is 82.9 Å². The van der Waals surface area contributed by atoms with Gasteiger partial charge in [-0.2, -0.15) is 5.10 Å². The zero-order chi connectivity index (χ0) is 34.2. The standard InChI is InChI=1S/C33H35BrN4O10/c1-5-44-26-13-21(30-29(32(40)43-4)18(2)36-33(41)37-30)7-9-23(26)45-16-28(39)38-35-14-20-10-22(34)31(27(12-20)42-3)46-15-19-6-8-24-25(11-19)48-17-47-24/h6-14,28,30,38-39H,5,15-17H2,1-4H3,(H2,36,37,41)/b35-14-/t28-,30+/m1/s1. The van der Waals surface area contributed by atoms with Crippen molar-refractivity contribution >= 4 is 34.1 Å². The van der Waals surface area contributed by atoms with Gasteiger partial charge in [0, 0.05) is 5.70 Å². The van der Waals surface area contributed by atoms with Gasteiger partial charge in [-0.15, -0.1) is 0 Å². The molecule has 3 aromatic rings. The van der Waals surface area contributed by atoms with Gasteiger partial charge < -0.3 is 48.9 Å². The molecule has 4 N–H and O–H groups in total. The summed E-state index contributed by atoms with van der Waals surface area (Å²) < 4.78 is 39.5. The summed E-state index contributed by atoms with van der Waals surface area (Å²) in [4.78, 5) is 24.7. The van der Waals surface area contributed by atoms with Gasteiger partial charge >= 0.3 is 12.0 Å². The van der Waals surface area contributed by atoms with E-state index in [1.165, 1.54) is 20.4 Å². The van der Waals surface area contributed by atoms with Crippen LogP contribution in [0.3, 0.4) is 0 Å². The fraction of sp³-hybridized carbons (Fsp3) is 0.303. The van der Waals surface area contributed by atoms with Crippen LogP contribution in [0.25, 0.3) is 0 Å². The van der Waals surface area contributed by atoms with Crippen molar-refractivity contribution in [3.05, 3.63) is 81.0 Å². The van der Waals surface area contributed by atoms with Crippen molar-refractivity contribution in [2.75, 3.05) is 34.2 Å². The van der Waals surface area contributed by atoms with Gasteiger partial charge in [0.05, 0.1) is 43.1 Å². The van der Waals surface area contributed by atoms with Crippen molar-refractivity contribution in [1.82, 2.24) is 16.1 Å². The monoisotopic (exact) mass is 726 g/mol. The molecular weight excluding hydrogens is 692 g/mol. The molecule has 0 aromatic heterocycles. The molecule has 5 rings (SSSR count). The van der Waals surface area contributed by atoms with Crippen LogP contribution >= 0.6 is 15.9 Å². The number of aliphatic hydroxyl groups excluding tert-OH is 1. The lowest BCUT2D eigenvalue weighted by Crippen LogP contribution is -2.45. The van der Waals surface area contributed by atoms with Crippen LogP contribution in [0.2, 0.25) is 0 Å². The molecule has 2 aliphatic rings. The first-order chi connectivity index (χ1) is 23.2. The van der Waals surface area contributed by atoms with Crippen LogP contribution in [0.4, 0.5) is 4.79 Å². The van der Waals surface area contributed by atoms with E-state index >= 15 is 0 Å². The number of ether oxygens (including phenoxy) is 7. The lowest BCUT2D eigenvalue weighted by Gasteiger charge is -2.28. The first-order valence-electron chi connectivity index (χ1n) is 14.8. The first kappa shape index (κ1) is 34.2. The minimum absolute atomic E-state index is 0.174. The third-order valence-corrected chi connectivity index (χ3v) is 7.77. The van der Waals surface area contributed by atoms with Crippen LogP contribution in [-0.2, 0) is 16.1 Å². The van der Waals surface area contributed by atoms with Gasteiger partial charge in [-0.25, -0.2) is 9.59 Å². The van der Waals surface area contributed by atoms with Crippen molar-refractivity contribution in [3.63, 3.8) is 0 Å². The zero-order valence-electron chi connectivity index (χ0n) is 26.6. The Morgan fingerprint density at radius 1 is 1.08 bits per heavy atom. The number of allylic oxidation sites excluding steroid dienone is 1. The Bertz CT molecular complexity index is 1730. The summed E-state index contributed by atoms with van der Waals surface area (Å²) in [5.41, 5.74) is 5.43. The zero-order valence-corrected chi connectivity index (χ0v) is 28.2. The largest absolute Gasteiger partial charge is 0.493 e. The van der Waals surface area contributed by atoms with Crippen molar-refractivity contribution in [2.24, 2.45) is 5.10 Å². The van der Waals surface area contributed by atoms with Gasteiger partial charge in [-0.1, -0.05) is 12.1 Å². The molecule has 0 saturated heterocycles. The number of fused-ring (bicyclic) bond motifs is 1. The molecule has 0 saturated carbocycles. The number of methoxy groups -OCH3 is 2. The van der Waals surface area contributed by atoms with Crippen molar-refractivity contribution < 1.29 is 47.9 Å². The second-order valence-electron chi connectivity index (χ2n) is 10.4. The maximum Gasteiger partial charge on any atom is 0.337 e. The minimum atomic E-state index is -1.18. The predicted octanol–water partition coefficient (Wildman–Crippen LogP) is 4.29. The van der Waals surface area contributed by atoms with E-state index in [1.54, 1.807) is 37.3 Å². The molecule has 2 heterocycles. The first-order valence-corrected chi connectivity index (χ1v) is 15.6. The minimum Gasteiger partial charge on any atom is -0.493 e. The van der Waals surface area contributed by atoms with Gasteiger partial charge in [0.2, 0.25) is 6.79 Å². The number of benzene rings is 3. The predicted molar refractivity (Wildman–Crippen MR) is 177 cm³/mol. The summed E-state index contributed by atoms with van der Waals surface area (Å²) in [7, 11) is 2.81. The molecule has 2 aliphatic heterocycles. The van der Waals surface area contributed by atoms with Crippen LogP contribution in [0, 0.1) is 0 Å². The topological polar surface area (TPSA) is 167 Å². The molecule has 254 valence electrons. The average molecular weight is 728 g/mol. The molecule has 15 heteroatoms. The number of esters is 1. The third-order valence-electron chi connectivity index (χ3n) is 7.18. The number of rotatable bonds is 14. The van der Waals surface area contributed by atoms with Crippen LogP contribution < -0.4 is 44.5 Å². The molecule has 2 amide bonds. The SMILES string of the molecule is CCOc1cc([C@@H]2NC(=O)NC(C)=C2C(=O)OC)ccc1OC[C@@H](O)N/N=C\c1cc(Br)c(OCc2ccc3c(c2)OCO3)c(OC)c1. The van der Waals surface area contributed by atoms with Crippen molar-refractivity contribution in [3.8, 4) is 34.5 Å². The molecule has 3 aromatic carbocycles. The highest BCUT2D eigenvalue weighted by Crippen LogP contribution is 2.38. The number of urea groups is 1. The number of carbonyl (C=O) groups is 2. The average Bonchev–Trinajstić information content (AvgIpc) is 3.54. The number of halogens is 1. The highest BCUT2D eigenvalue weighted by atomic mass is 79.9. The Morgan fingerprint density at radius 2 is 1.90 bits per heavy atom. The molecule has 0 fully saturated rings. The molecule has 0 bridgehead atoms. The van der Waals surface area contributed by atoms with Gasteiger partial charge in [0.25, 0.3) is 0 Å². The molecule has 48 heavy (non-hydrogen) atoms. The molecule has 0 aliphatic carbocycles. The highest BCUT2D eigenvalue weighted by Gasteiger charge is 2.32. The third kappa shape index (κ3) is 8.04. The normalized spacial score (nSPS) is 15.8. The molecule has 2 atom stereocenters. The lowest BCUT2D eigenvalue weighted by atomic mass is 9.95. The van der Waals surface area contributed by atoms with E-state index in [1.807, 2.05) is 25.1 Å². The van der Waals surface area contributed by atoms with Crippen LogP contribution in [0.15, 0.2) is 69.4 Å². The van der Waals surface area contributed by atoms with E-state index in [4.69, 9.17) is 33.2 Å². The number of amides is 2. The summed E-state index contributed by atoms with van der Waals surface area (Å²) in [6, 6.07) is 12.9. The Balaban J connectivity index is 1.19. The Morgan fingerprint density at radius 3 is 2.67 bits per heavy atom. The fourth-order valence-corrected chi connectivity index (χ4v) is 5.53. The number of nitrogens with zero attached hydrogens (tertiary/aromatic N) is 1. The summed E-state index contributed by atoms with van der Waals surface area (Å²) >= 11 is 3.54. The second-order valence-corrected chi connectivity index (χ2v) is 11.3. The number of aliphatic hydroxyl groups is 1. The molecule has 14 nitrogen and oxygen atoms in total. The number of hydrogen-bond donors (Lipinski definition) is 4. The van der Waals surface area contributed by atoms with Crippen LogP contribution in [-0.4, -0.2) is 63.8 Å². The van der Waals surface area contributed by atoms with E-state index in [-0.39, 0.29) is 25.6 Å². The van der Waals surface area contributed by atoms with Crippen molar-refractivity contribution in [1.29, 1.82) is 0 Å². The Hall–Kier alpha value is -5.15. The van der Waals surface area contributed by atoms with Crippen LogP contribution in [0.1, 0.15) is 36.6 Å². The quantitative estimate of drug-likeness (QED) is 0.0810. The number of hydrogen-bond acceptors (Lipinski definition) is 12. The van der Waals surface area contributed by atoms with Crippen LogP contribution in [0.5, 0.6) is 34.5 Å². The number of carbonyl (C=O) groups excluding carboxylic acids is 2. The van der Waals surface area contributed by atoms with E-state index in [0.717, 1.165) is 5.56 Å². The summed E-state index contributed by atoms with van der Waals surface area (Å²) in [6.07, 6.45) is 0.338. The number of hydrazone groups is 1. The lowest BCUT2D eigenvalue weighted by molar-refractivity contribution is -0.136.